The Balaban J connectivity index is 0.000000382. The van der Waals surface area contributed by atoms with E-state index in [1.165, 1.54) is 31.7 Å². The summed E-state index contributed by atoms with van der Waals surface area (Å²) in [7, 11) is -2.94. The molecule has 2 heterocycles. The van der Waals surface area contributed by atoms with E-state index in [-0.39, 0.29) is 39.0 Å². The molecule has 5 aromatic carbocycles. The van der Waals surface area contributed by atoms with Crippen molar-refractivity contribution in [1.29, 1.82) is 0 Å². The second-order valence-electron chi connectivity index (χ2n) is 17.8. The molecular formula is C53H67ClF2N10O12P2S. The van der Waals surface area contributed by atoms with Crippen molar-refractivity contribution in [3.63, 3.8) is 0 Å². The van der Waals surface area contributed by atoms with Crippen LogP contribution in [0, 0.1) is 52.6 Å². The number of para-hydroxylation sites is 2. The number of anilines is 7. The lowest BCUT2D eigenvalue weighted by Gasteiger charge is -2.19. The SMILES string of the molecule is C=P(C)(C)c1ccccc1Nc1nc(Cl)ncc1C.CCCCO.CO.COc1cc(F)c([N+](=O)[O-])cc1N.COc1cc(F)c([N+](=O)[O-])cc1Nc1ncc(C)c(Nc2ccccc2P(C)(C)=O)n1.Cc1ccc(S(=O)(=O)O)cc1. The molecule has 0 saturated carbocycles. The summed E-state index contributed by atoms with van der Waals surface area (Å²) in [4.78, 5) is 36.4. The van der Waals surface area contributed by atoms with Crippen molar-refractivity contribution in [1.82, 2.24) is 19.9 Å². The zero-order valence-electron chi connectivity index (χ0n) is 46.4. The van der Waals surface area contributed by atoms with Gasteiger partial charge in [-0.05, 0) is 101 Å². The monoisotopic (exact) mass is 1200 g/mol. The maximum atomic E-state index is 13.9. The standard InChI is InChI=1S/C20H21FN5O4P.C14H17ClN3P.C7H7FN2O3.C7H8O3S.C4H10O.CH4O/c1-12-11-22-20(24-15-10-16(26(27)28)13(21)9-17(15)30-2)25-19(12)23-14-7-5-6-8-18(14)31(3,4)29;1-10-9-16-14(15)18-13(10)17-11-7-5-6-8-12(11)19(2,3)4;1-13-7-2-4(8)6(10(11)12)3-5(7)9;1-6-2-4-7(5-3-6)11(8,9)10;1-2-3-4-5;1-2/h5-11H,1-4H3,(H2,22,23,24,25);5-9H,2H2,1,3-4H3,(H,16,17,18);2-3H,9H2,1H3;2-5H,1H3,(H,8,9,10);5H,2-4H2,1H3;2H,1H3. The number of nitrogen functional groups attached to an aromatic ring is 1. The van der Waals surface area contributed by atoms with Crippen molar-refractivity contribution >= 4 is 104 Å². The summed E-state index contributed by atoms with van der Waals surface area (Å²) in [5.41, 5.74) is 8.48. The molecule has 28 heteroatoms. The summed E-state index contributed by atoms with van der Waals surface area (Å²) < 4.78 is 78.7. The summed E-state index contributed by atoms with van der Waals surface area (Å²) >= 11 is 5.85. The number of rotatable bonds is 15. The Morgan fingerprint density at radius 2 is 1.20 bits per heavy atom. The lowest BCUT2D eigenvalue weighted by molar-refractivity contribution is -0.387. The Morgan fingerprint density at radius 3 is 1.65 bits per heavy atom. The molecule has 0 aliphatic heterocycles. The number of nitrogens with one attached hydrogen (secondary N) is 3. The van der Waals surface area contributed by atoms with Crippen LogP contribution in [0.4, 0.5) is 60.5 Å². The largest absolute Gasteiger partial charge is 0.494 e. The molecule has 22 nitrogen and oxygen atoms in total. The Labute approximate surface area is 474 Å². The van der Waals surface area contributed by atoms with Gasteiger partial charge in [0.25, 0.3) is 10.1 Å². The number of methoxy groups -OCH3 is 2. The van der Waals surface area contributed by atoms with Crippen molar-refractivity contribution < 1.29 is 55.8 Å². The van der Waals surface area contributed by atoms with Crippen molar-refractivity contribution in [2.24, 2.45) is 0 Å². The second-order valence-corrected chi connectivity index (χ2v) is 26.6. The summed E-state index contributed by atoms with van der Waals surface area (Å²) in [6.45, 7) is 14.4. The Bertz CT molecular complexity index is 3450. The van der Waals surface area contributed by atoms with E-state index in [4.69, 9.17) is 36.8 Å². The number of ether oxygens (including phenoxy) is 2. The first-order valence-electron chi connectivity index (χ1n) is 23.9. The van der Waals surface area contributed by atoms with E-state index in [9.17, 15) is 42.0 Å². The topological polar surface area (TPSA) is 330 Å². The van der Waals surface area contributed by atoms with Crippen LogP contribution in [0.2, 0.25) is 5.28 Å². The van der Waals surface area contributed by atoms with Gasteiger partial charge >= 0.3 is 11.4 Å². The molecule has 0 unspecified atom stereocenters. The summed E-state index contributed by atoms with van der Waals surface area (Å²) in [5.74, 6) is -0.528. The van der Waals surface area contributed by atoms with E-state index in [1.807, 2.05) is 44.2 Å². The third kappa shape index (κ3) is 22.4. The zero-order chi connectivity index (χ0) is 61.4. The number of benzene rings is 5. The number of halogens is 3. The highest BCUT2D eigenvalue weighted by Gasteiger charge is 2.22. The number of hydrogen-bond donors (Lipinski definition) is 7. The summed E-state index contributed by atoms with van der Waals surface area (Å²) in [6.07, 6.45) is 9.60. The highest BCUT2D eigenvalue weighted by molar-refractivity contribution is 7.85. The third-order valence-corrected chi connectivity index (χ3v) is 14.8. The predicted molar refractivity (Wildman–Crippen MR) is 321 cm³/mol. The molecule has 0 fully saturated rings. The molecule has 0 atom stereocenters. The number of nitro groups is 2. The minimum Gasteiger partial charge on any atom is -0.494 e. The first kappa shape index (κ1) is 69.5. The average molecular weight is 1200 g/mol. The highest BCUT2D eigenvalue weighted by atomic mass is 35.5. The van der Waals surface area contributed by atoms with Crippen molar-refractivity contribution in [2.75, 3.05) is 76.3 Å². The van der Waals surface area contributed by atoms with Gasteiger partial charge in [0, 0.05) is 72.5 Å². The summed E-state index contributed by atoms with van der Waals surface area (Å²) in [5, 5.41) is 47.9. The van der Waals surface area contributed by atoms with Gasteiger partial charge in [0.15, 0.2) is 0 Å². The highest BCUT2D eigenvalue weighted by Crippen LogP contribution is 2.40. The molecule has 0 spiro atoms. The number of aliphatic hydroxyl groups is 2. The molecule has 0 radical (unpaired) electrons. The van der Waals surface area contributed by atoms with Crippen LogP contribution in [0.5, 0.6) is 11.5 Å². The third-order valence-electron chi connectivity index (χ3n) is 10.5. The average Bonchev–Trinajstić information content (AvgIpc) is 3.40. The van der Waals surface area contributed by atoms with Gasteiger partial charge < -0.3 is 45.9 Å². The normalized spacial score (nSPS) is 10.6. The molecule has 0 aliphatic carbocycles. The number of aromatic nitrogens is 4. The van der Waals surface area contributed by atoms with Crippen LogP contribution in [0.1, 0.15) is 36.5 Å². The van der Waals surface area contributed by atoms with Crippen LogP contribution in [0.25, 0.3) is 0 Å². The van der Waals surface area contributed by atoms with Crippen molar-refractivity contribution in [2.45, 2.75) is 45.4 Å². The summed E-state index contributed by atoms with van der Waals surface area (Å²) in [6, 6.07) is 25.1. The van der Waals surface area contributed by atoms with Gasteiger partial charge in [-0.3, -0.25) is 24.8 Å². The molecule has 0 amide bonds. The predicted octanol–water partition coefficient (Wildman–Crippen LogP) is 11.0. The minimum atomic E-state index is -4.02. The minimum absolute atomic E-state index is 0.0376. The number of nitrogens with zero attached hydrogens (tertiary/aromatic N) is 6. The maximum Gasteiger partial charge on any atom is 0.307 e. The Morgan fingerprint density at radius 1 is 0.728 bits per heavy atom. The van der Waals surface area contributed by atoms with E-state index in [0.717, 1.165) is 72.4 Å². The number of nitro benzene ring substituents is 2. The molecule has 7 aromatic rings. The van der Waals surface area contributed by atoms with Gasteiger partial charge in [-0.1, -0.05) is 74.6 Å². The number of hydrogen-bond acceptors (Lipinski definition) is 19. The van der Waals surface area contributed by atoms with Gasteiger partial charge in [-0.15, -0.1) is 0 Å². The van der Waals surface area contributed by atoms with E-state index in [1.54, 1.807) is 56.9 Å². The van der Waals surface area contributed by atoms with Gasteiger partial charge in [0.05, 0.1) is 46.0 Å². The smallest absolute Gasteiger partial charge is 0.307 e. The maximum absolute atomic E-state index is 13.9. The number of aliphatic hydroxyl groups excluding tert-OH is 2. The quantitative estimate of drug-likeness (QED) is 0.0125. The first-order valence-corrected chi connectivity index (χ1v) is 31.2. The zero-order valence-corrected chi connectivity index (χ0v) is 49.8. The Kier molecular flexibility index (Phi) is 27.9. The van der Waals surface area contributed by atoms with Crippen LogP contribution < -0.4 is 41.8 Å². The lowest BCUT2D eigenvalue weighted by Crippen LogP contribution is -2.11. The number of unbranched alkanes of at least 4 members (excludes halogenated alkanes) is 1. The van der Waals surface area contributed by atoms with E-state index in [2.05, 4.69) is 73.2 Å². The van der Waals surface area contributed by atoms with Gasteiger partial charge in [0.2, 0.25) is 22.9 Å². The fourth-order valence-corrected chi connectivity index (χ4v) is 9.44. The molecule has 438 valence electrons. The molecule has 2 aromatic heterocycles. The van der Waals surface area contributed by atoms with Gasteiger partial charge in [-0.25, -0.2) is 15.0 Å². The van der Waals surface area contributed by atoms with E-state index in [0.29, 0.717) is 23.4 Å². The molecule has 0 bridgehead atoms. The lowest BCUT2D eigenvalue weighted by atomic mass is 10.2. The number of nitrogens with two attached hydrogens (primary N) is 1. The Hall–Kier alpha value is -7.63. The van der Waals surface area contributed by atoms with E-state index >= 15 is 0 Å². The van der Waals surface area contributed by atoms with Crippen molar-refractivity contribution in [3.8, 4) is 11.5 Å². The molecule has 0 aliphatic rings. The van der Waals surface area contributed by atoms with Gasteiger partial charge in [-0.2, -0.15) is 22.2 Å². The van der Waals surface area contributed by atoms with Gasteiger partial charge in [0.1, 0.15) is 30.3 Å². The van der Waals surface area contributed by atoms with Crippen LogP contribution >= 0.6 is 25.6 Å². The van der Waals surface area contributed by atoms with E-state index < -0.39 is 57.0 Å². The molecule has 8 N–H and O–H groups in total. The van der Waals surface area contributed by atoms with Crippen LogP contribution in [-0.4, -0.2) is 114 Å². The molecule has 7 rings (SSSR count). The second kappa shape index (κ2) is 32.6. The first-order chi connectivity index (χ1) is 37.9. The van der Waals surface area contributed by atoms with Crippen LogP contribution in [-0.2, 0) is 14.7 Å². The number of aryl methyl sites for hydroxylation is 3. The van der Waals surface area contributed by atoms with Crippen molar-refractivity contribution in [3.05, 3.63) is 163 Å². The fourth-order valence-electron chi connectivity index (χ4n) is 6.40. The van der Waals surface area contributed by atoms with Crippen LogP contribution in [0.3, 0.4) is 0 Å². The molecule has 0 saturated heterocycles. The van der Waals surface area contributed by atoms with Crippen LogP contribution in [0.15, 0.2) is 114 Å². The molecular weight excluding hydrogens is 1140 g/mol. The molecule has 81 heavy (non-hydrogen) atoms. The fraction of sp³-hybridized carbons (Fsp3) is 0.264.